The van der Waals surface area contributed by atoms with Gasteiger partial charge in [0.05, 0.1) is 21.7 Å². The van der Waals surface area contributed by atoms with Gasteiger partial charge in [-0.1, -0.05) is 42.3 Å². The molecule has 1 aliphatic heterocycles. The van der Waals surface area contributed by atoms with Gasteiger partial charge in [-0.05, 0) is 67.1 Å². The highest BCUT2D eigenvalue weighted by Gasteiger charge is 2.36. The number of hydrogen-bond acceptors (Lipinski definition) is 4. The molecule has 0 spiro atoms. The van der Waals surface area contributed by atoms with E-state index >= 15 is 0 Å². The van der Waals surface area contributed by atoms with Gasteiger partial charge in [-0.25, -0.2) is 4.90 Å². The molecule has 1 heterocycles. The molecule has 2 amide bonds. The molecule has 1 aliphatic rings. The van der Waals surface area contributed by atoms with Gasteiger partial charge in [-0.15, -0.1) is 0 Å². The Morgan fingerprint density at radius 3 is 2.63 bits per heavy atom. The Kier molecular flexibility index (Phi) is 6.15. The summed E-state index contributed by atoms with van der Waals surface area (Å²) in [5.74, 6) is 0.207. The van der Waals surface area contributed by atoms with Crippen LogP contribution in [0.3, 0.4) is 0 Å². The molecule has 140 valence electrons. The van der Waals surface area contributed by atoms with Gasteiger partial charge in [0.15, 0.2) is 0 Å². The summed E-state index contributed by atoms with van der Waals surface area (Å²) in [5.41, 5.74) is 1.16. The summed E-state index contributed by atoms with van der Waals surface area (Å²) in [6.45, 7) is 4.00. The molecule has 27 heavy (non-hydrogen) atoms. The quantitative estimate of drug-likeness (QED) is 0.523. The lowest BCUT2D eigenvalue weighted by atomic mass is 10.2. The average molecular weight is 422 g/mol. The molecule has 0 saturated carbocycles. The molecule has 4 nitrogen and oxygen atoms in total. The number of benzene rings is 2. The molecule has 1 atom stereocenters. The van der Waals surface area contributed by atoms with E-state index in [9.17, 15) is 9.59 Å². The zero-order chi connectivity index (χ0) is 19.6. The minimum Gasteiger partial charge on any atom is -0.489 e. The highest BCUT2D eigenvalue weighted by molar-refractivity contribution is 8.19. The monoisotopic (exact) mass is 421 g/mol. The van der Waals surface area contributed by atoms with Crippen LogP contribution >= 0.6 is 35.0 Å². The van der Waals surface area contributed by atoms with Crippen molar-refractivity contribution >= 4 is 57.9 Å². The van der Waals surface area contributed by atoms with Crippen molar-refractivity contribution in [2.24, 2.45) is 0 Å². The lowest BCUT2D eigenvalue weighted by Crippen LogP contribution is -2.27. The van der Waals surface area contributed by atoms with Gasteiger partial charge in [0.1, 0.15) is 5.75 Å². The Morgan fingerprint density at radius 1 is 1.19 bits per heavy atom. The zero-order valence-corrected chi connectivity index (χ0v) is 17.1. The van der Waals surface area contributed by atoms with Crippen molar-refractivity contribution in [3.05, 3.63) is 63.0 Å². The van der Waals surface area contributed by atoms with E-state index in [0.29, 0.717) is 32.0 Å². The van der Waals surface area contributed by atoms with E-state index in [1.54, 1.807) is 48.5 Å². The topological polar surface area (TPSA) is 46.6 Å². The molecule has 7 heteroatoms. The Hall–Kier alpha value is -1.95. The number of carbonyl (C=O) groups excluding carboxylic acids is 2. The number of hydrogen-bond donors (Lipinski definition) is 0. The molecular formula is C20H17Cl2NO3S. The Bertz CT molecular complexity index is 929. The number of carbonyl (C=O) groups is 2. The van der Waals surface area contributed by atoms with Gasteiger partial charge in [0.25, 0.3) is 11.1 Å². The first-order valence-corrected chi connectivity index (χ1v) is 9.96. The standard InChI is InChI=1S/C20H17Cl2NO3S/c1-3-12(2)26-17-8-7-13(9-16(17)22)10-18-19(24)23(20(25)27-18)15-6-4-5-14(21)11-15/h4-12H,3H2,1-2H3/b18-10+/t12-/m0/s1. The van der Waals surface area contributed by atoms with E-state index in [1.165, 1.54) is 0 Å². The van der Waals surface area contributed by atoms with E-state index < -0.39 is 0 Å². The number of imide groups is 1. The molecule has 0 aliphatic carbocycles. The summed E-state index contributed by atoms with van der Waals surface area (Å²) in [7, 11) is 0. The van der Waals surface area contributed by atoms with E-state index in [1.807, 2.05) is 13.8 Å². The maximum atomic E-state index is 12.7. The molecule has 1 saturated heterocycles. The molecule has 1 fully saturated rings. The maximum absolute atomic E-state index is 12.7. The first-order chi connectivity index (χ1) is 12.9. The Labute approximate surface area is 172 Å². The van der Waals surface area contributed by atoms with Crippen LogP contribution in [-0.2, 0) is 4.79 Å². The van der Waals surface area contributed by atoms with Crippen LogP contribution in [0.5, 0.6) is 5.75 Å². The van der Waals surface area contributed by atoms with Crippen LogP contribution < -0.4 is 9.64 Å². The lowest BCUT2D eigenvalue weighted by molar-refractivity contribution is -0.113. The summed E-state index contributed by atoms with van der Waals surface area (Å²) in [4.78, 5) is 26.4. The first-order valence-electron chi connectivity index (χ1n) is 8.38. The third-order valence-electron chi connectivity index (χ3n) is 4.02. The SMILES string of the molecule is CC[C@H](C)Oc1ccc(/C=C2/SC(=O)N(c3cccc(Cl)c3)C2=O)cc1Cl. The van der Waals surface area contributed by atoms with Crippen LogP contribution in [0.2, 0.25) is 10.0 Å². The average Bonchev–Trinajstić information content (AvgIpc) is 2.90. The van der Waals surface area contributed by atoms with E-state index in [2.05, 4.69) is 0 Å². The summed E-state index contributed by atoms with van der Waals surface area (Å²) < 4.78 is 5.74. The second-order valence-corrected chi connectivity index (χ2v) is 7.86. The number of thioether (sulfide) groups is 1. The van der Waals surface area contributed by atoms with Crippen molar-refractivity contribution in [2.45, 2.75) is 26.4 Å². The van der Waals surface area contributed by atoms with E-state index in [0.717, 1.165) is 23.1 Å². The summed E-state index contributed by atoms with van der Waals surface area (Å²) in [6, 6.07) is 11.9. The fourth-order valence-corrected chi connectivity index (χ4v) is 3.72. The molecule has 0 bridgehead atoms. The zero-order valence-electron chi connectivity index (χ0n) is 14.7. The normalized spacial score (nSPS) is 16.9. The van der Waals surface area contributed by atoms with E-state index in [4.69, 9.17) is 27.9 Å². The van der Waals surface area contributed by atoms with Crippen LogP contribution in [-0.4, -0.2) is 17.3 Å². The third-order valence-corrected chi connectivity index (χ3v) is 5.42. The molecule has 3 rings (SSSR count). The molecule has 0 unspecified atom stereocenters. The van der Waals surface area contributed by atoms with Crippen LogP contribution in [0.25, 0.3) is 6.08 Å². The number of amides is 2. The van der Waals surface area contributed by atoms with Gasteiger partial charge in [-0.3, -0.25) is 9.59 Å². The second kappa shape index (κ2) is 8.38. The van der Waals surface area contributed by atoms with Crippen LogP contribution in [0.15, 0.2) is 47.4 Å². The second-order valence-electron chi connectivity index (χ2n) is 6.02. The third kappa shape index (κ3) is 4.49. The molecule has 0 radical (unpaired) electrons. The smallest absolute Gasteiger partial charge is 0.298 e. The maximum Gasteiger partial charge on any atom is 0.298 e. The number of rotatable bonds is 5. The van der Waals surface area contributed by atoms with Gasteiger partial charge < -0.3 is 4.74 Å². The first kappa shape index (κ1) is 19.8. The minimum atomic E-state index is -0.386. The Morgan fingerprint density at radius 2 is 1.96 bits per heavy atom. The number of halogens is 2. The highest BCUT2D eigenvalue weighted by Crippen LogP contribution is 2.37. The van der Waals surface area contributed by atoms with Crippen molar-refractivity contribution in [3.8, 4) is 5.75 Å². The predicted octanol–water partition coefficient (Wildman–Crippen LogP) is 6.41. The van der Waals surface area contributed by atoms with Crippen molar-refractivity contribution in [1.82, 2.24) is 0 Å². The molecule has 2 aromatic carbocycles. The van der Waals surface area contributed by atoms with Crippen molar-refractivity contribution < 1.29 is 14.3 Å². The molecule has 0 N–H and O–H groups in total. The van der Waals surface area contributed by atoms with Gasteiger partial charge >= 0.3 is 0 Å². The molecular weight excluding hydrogens is 405 g/mol. The summed E-state index contributed by atoms with van der Waals surface area (Å²) in [6.07, 6.45) is 2.57. The summed E-state index contributed by atoms with van der Waals surface area (Å²) in [5, 5.41) is 0.550. The lowest BCUT2D eigenvalue weighted by Gasteiger charge is -2.14. The van der Waals surface area contributed by atoms with Crippen LogP contribution in [0, 0.1) is 0 Å². The largest absolute Gasteiger partial charge is 0.489 e. The Balaban J connectivity index is 1.84. The van der Waals surface area contributed by atoms with Crippen molar-refractivity contribution in [3.63, 3.8) is 0 Å². The van der Waals surface area contributed by atoms with Gasteiger partial charge in [0, 0.05) is 5.02 Å². The van der Waals surface area contributed by atoms with Crippen molar-refractivity contribution in [2.75, 3.05) is 4.90 Å². The minimum absolute atomic E-state index is 0.0579. The predicted molar refractivity (Wildman–Crippen MR) is 112 cm³/mol. The number of nitrogens with zero attached hydrogens (tertiary/aromatic N) is 1. The van der Waals surface area contributed by atoms with Gasteiger partial charge in [0.2, 0.25) is 0 Å². The molecule has 2 aromatic rings. The summed E-state index contributed by atoms with van der Waals surface area (Å²) >= 11 is 13.1. The van der Waals surface area contributed by atoms with Crippen molar-refractivity contribution in [1.29, 1.82) is 0 Å². The fourth-order valence-electron chi connectivity index (χ4n) is 2.46. The number of anilines is 1. The molecule has 0 aromatic heterocycles. The van der Waals surface area contributed by atoms with Crippen LogP contribution in [0.1, 0.15) is 25.8 Å². The van der Waals surface area contributed by atoms with Crippen LogP contribution in [0.4, 0.5) is 10.5 Å². The fraction of sp³-hybridized carbons (Fsp3) is 0.200. The highest BCUT2D eigenvalue weighted by atomic mass is 35.5. The number of ether oxygens (including phenoxy) is 1. The van der Waals surface area contributed by atoms with Gasteiger partial charge in [-0.2, -0.15) is 0 Å². The van der Waals surface area contributed by atoms with E-state index in [-0.39, 0.29) is 17.3 Å².